The summed E-state index contributed by atoms with van der Waals surface area (Å²) in [5.41, 5.74) is 2.20. The van der Waals surface area contributed by atoms with E-state index in [0.29, 0.717) is 22.5 Å². The van der Waals surface area contributed by atoms with Crippen LogP contribution >= 0.6 is 11.6 Å². The molecule has 1 saturated carbocycles. The molecule has 0 spiro atoms. The predicted octanol–water partition coefficient (Wildman–Crippen LogP) is 4.19. The summed E-state index contributed by atoms with van der Waals surface area (Å²) in [6.07, 6.45) is 5.54. The highest BCUT2D eigenvalue weighted by atomic mass is 35.5. The van der Waals surface area contributed by atoms with Gasteiger partial charge in [0.25, 0.3) is 0 Å². The third-order valence-corrected chi connectivity index (χ3v) is 7.18. The zero-order valence-electron chi connectivity index (χ0n) is 16.4. The highest BCUT2D eigenvalue weighted by Gasteiger charge is 2.41. The molecule has 2 unspecified atom stereocenters. The number of hydrogen-bond acceptors (Lipinski definition) is 4. The molecule has 3 aromatic rings. The summed E-state index contributed by atoms with van der Waals surface area (Å²) in [4.78, 5) is 4.35. The van der Waals surface area contributed by atoms with Crippen LogP contribution in [0.4, 0.5) is 20.2 Å². The van der Waals surface area contributed by atoms with Gasteiger partial charge >= 0.3 is 0 Å². The molecule has 1 aliphatic carbocycles. The second kappa shape index (κ2) is 6.80. The van der Waals surface area contributed by atoms with Gasteiger partial charge in [-0.2, -0.15) is 0 Å². The first kappa shape index (κ1) is 18.4. The number of fused-ring (bicyclic) bond motifs is 2. The average Bonchev–Trinajstić information content (AvgIpc) is 3.11. The van der Waals surface area contributed by atoms with E-state index in [1.165, 1.54) is 18.9 Å². The van der Waals surface area contributed by atoms with Crippen molar-refractivity contribution in [3.8, 4) is 0 Å². The van der Waals surface area contributed by atoms with Crippen molar-refractivity contribution < 1.29 is 8.78 Å². The van der Waals surface area contributed by atoms with Gasteiger partial charge in [-0.1, -0.05) is 11.6 Å². The summed E-state index contributed by atoms with van der Waals surface area (Å²) in [5, 5.41) is 9.35. The van der Waals surface area contributed by atoms with Gasteiger partial charge in [-0.3, -0.25) is 4.40 Å². The highest BCUT2D eigenvalue weighted by Crippen LogP contribution is 2.40. The Labute approximate surface area is 178 Å². The molecule has 5 nitrogen and oxygen atoms in total. The van der Waals surface area contributed by atoms with Gasteiger partial charge in [-0.25, -0.2) is 8.78 Å². The Bertz CT molecular complexity index is 1110. The molecule has 0 N–H and O–H groups in total. The van der Waals surface area contributed by atoms with Crippen molar-refractivity contribution in [2.45, 2.75) is 19.3 Å². The number of hydrogen-bond donors (Lipinski definition) is 0. The smallest absolute Gasteiger partial charge is 0.181 e. The van der Waals surface area contributed by atoms with Crippen molar-refractivity contribution in [3.63, 3.8) is 0 Å². The predicted molar refractivity (Wildman–Crippen MR) is 112 cm³/mol. The Morgan fingerprint density at radius 1 is 0.933 bits per heavy atom. The third kappa shape index (κ3) is 3.02. The third-order valence-electron chi connectivity index (χ3n) is 6.81. The minimum atomic E-state index is -0.541. The molecule has 156 valence electrons. The zero-order chi connectivity index (χ0) is 20.4. The molecule has 0 amide bonds. The summed E-state index contributed by atoms with van der Waals surface area (Å²) in [7, 11) is 0. The molecule has 2 atom stereocenters. The summed E-state index contributed by atoms with van der Waals surface area (Å²) in [6.45, 7) is 3.26. The average molecular weight is 430 g/mol. The van der Waals surface area contributed by atoms with E-state index in [-0.39, 0.29) is 0 Å². The van der Waals surface area contributed by atoms with Gasteiger partial charge in [0.2, 0.25) is 0 Å². The first-order valence-electron chi connectivity index (χ1n) is 10.5. The summed E-state index contributed by atoms with van der Waals surface area (Å²) in [6, 6.07) is 5.89. The summed E-state index contributed by atoms with van der Waals surface area (Å²) >= 11 is 6.74. The molecule has 2 aliphatic heterocycles. The number of aromatic nitrogens is 3. The van der Waals surface area contributed by atoms with E-state index >= 15 is 0 Å². The van der Waals surface area contributed by atoms with Gasteiger partial charge in [0, 0.05) is 56.7 Å². The number of pyridine rings is 1. The maximum atomic E-state index is 14.2. The fourth-order valence-electron chi connectivity index (χ4n) is 5.05. The fourth-order valence-corrected chi connectivity index (χ4v) is 5.36. The van der Waals surface area contributed by atoms with Crippen molar-refractivity contribution in [2.24, 2.45) is 17.8 Å². The molecular weight excluding hydrogens is 408 g/mol. The lowest BCUT2D eigenvalue weighted by atomic mass is 10.0. The lowest BCUT2D eigenvalue weighted by Gasteiger charge is -2.25. The van der Waals surface area contributed by atoms with E-state index in [4.69, 9.17) is 11.6 Å². The first-order chi connectivity index (χ1) is 14.6. The number of anilines is 2. The molecule has 1 aromatic carbocycles. The number of rotatable bonds is 4. The first-order valence-corrected chi connectivity index (χ1v) is 10.9. The monoisotopic (exact) mass is 429 g/mol. The van der Waals surface area contributed by atoms with Crippen LogP contribution in [-0.2, 0) is 6.42 Å². The fraction of sp³-hybridized carbons (Fsp3) is 0.455. The maximum Gasteiger partial charge on any atom is 0.181 e. The van der Waals surface area contributed by atoms with Gasteiger partial charge in [0.1, 0.15) is 22.5 Å². The van der Waals surface area contributed by atoms with Crippen LogP contribution < -0.4 is 9.80 Å². The lowest BCUT2D eigenvalue weighted by Crippen LogP contribution is -2.29. The van der Waals surface area contributed by atoms with Crippen LogP contribution in [-0.4, -0.2) is 40.8 Å². The molecular formula is C22H22ClF2N5. The second-order valence-electron chi connectivity index (χ2n) is 8.90. The molecule has 2 aromatic heterocycles. The van der Waals surface area contributed by atoms with E-state index in [2.05, 4.69) is 21.2 Å². The van der Waals surface area contributed by atoms with Gasteiger partial charge in [0.15, 0.2) is 5.65 Å². The Morgan fingerprint density at radius 2 is 1.63 bits per heavy atom. The largest absolute Gasteiger partial charge is 0.369 e. The van der Waals surface area contributed by atoms with E-state index in [1.807, 2.05) is 15.5 Å². The van der Waals surface area contributed by atoms with Crippen molar-refractivity contribution in [2.75, 3.05) is 36.0 Å². The second-order valence-corrected chi connectivity index (χ2v) is 9.28. The van der Waals surface area contributed by atoms with E-state index in [1.54, 1.807) is 6.07 Å². The Hall–Kier alpha value is -2.41. The van der Waals surface area contributed by atoms with Crippen LogP contribution in [0.25, 0.3) is 5.65 Å². The molecule has 3 aliphatic rings. The highest BCUT2D eigenvalue weighted by molar-refractivity contribution is 6.36. The van der Waals surface area contributed by atoms with Gasteiger partial charge in [0.05, 0.1) is 11.4 Å². The van der Waals surface area contributed by atoms with Crippen molar-refractivity contribution in [1.29, 1.82) is 0 Å². The zero-order valence-corrected chi connectivity index (χ0v) is 17.2. The van der Waals surface area contributed by atoms with E-state index in [9.17, 15) is 8.78 Å². The number of nitrogens with zero attached hydrogens (tertiary/aromatic N) is 5. The van der Waals surface area contributed by atoms with Crippen LogP contribution in [0.5, 0.6) is 0 Å². The SMILES string of the molecule is Fc1ccc(N2CC3CN(c4ccn5c(CC6CC6)nnc5c4Cl)CC3C2)c(F)c1. The molecule has 8 heteroatoms. The van der Waals surface area contributed by atoms with Crippen LogP contribution in [0.2, 0.25) is 5.02 Å². The minimum absolute atomic E-state index is 0.421. The summed E-state index contributed by atoms with van der Waals surface area (Å²) < 4.78 is 29.4. The van der Waals surface area contributed by atoms with Crippen LogP contribution in [0.3, 0.4) is 0 Å². The topological polar surface area (TPSA) is 36.7 Å². The molecule has 6 rings (SSSR count). The maximum absolute atomic E-state index is 14.2. The standard InChI is InChI=1S/C22H22ClF2N5/c23-21-19(5-6-30-20(7-13-1-2-13)26-27-22(21)30)29-11-14-9-28(10-15(14)12-29)18-4-3-16(24)8-17(18)25/h3-6,8,13-15H,1-2,7,9-12H2. The van der Waals surface area contributed by atoms with E-state index < -0.39 is 11.6 Å². The summed E-state index contributed by atoms with van der Waals surface area (Å²) in [5.74, 6) is 1.53. The molecule has 30 heavy (non-hydrogen) atoms. The Morgan fingerprint density at radius 3 is 2.30 bits per heavy atom. The van der Waals surface area contributed by atoms with Gasteiger partial charge < -0.3 is 9.80 Å². The van der Waals surface area contributed by atoms with Crippen molar-refractivity contribution in [1.82, 2.24) is 14.6 Å². The Balaban J connectivity index is 1.20. The van der Waals surface area contributed by atoms with Crippen LogP contribution in [0.15, 0.2) is 30.5 Å². The molecule has 4 heterocycles. The van der Waals surface area contributed by atoms with Crippen molar-refractivity contribution >= 4 is 28.6 Å². The molecule has 2 saturated heterocycles. The van der Waals surface area contributed by atoms with Gasteiger partial charge in [-0.05, 0) is 37.0 Å². The molecule has 0 radical (unpaired) electrons. The quantitative estimate of drug-likeness (QED) is 0.623. The van der Waals surface area contributed by atoms with Gasteiger partial charge in [-0.15, -0.1) is 10.2 Å². The minimum Gasteiger partial charge on any atom is -0.369 e. The molecule has 0 bridgehead atoms. The van der Waals surface area contributed by atoms with E-state index in [0.717, 1.165) is 61.7 Å². The lowest BCUT2D eigenvalue weighted by molar-refractivity contribution is 0.533. The van der Waals surface area contributed by atoms with Crippen molar-refractivity contribution in [3.05, 3.63) is 52.9 Å². The normalized spacial score (nSPS) is 23.6. The molecule has 3 fully saturated rings. The number of benzene rings is 1. The van der Waals surface area contributed by atoms with Crippen LogP contribution in [0, 0.1) is 29.4 Å². The Kier molecular flexibility index (Phi) is 4.17. The van der Waals surface area contributed by atoms with Crippen LogP contribution in [0.1, 0.15) is 18.7 Å². The number of halogens is 3.